The monoisotopic (exact) mass is 612 g/mol. The van der Waals surface area contributed by atoms with E-state index < -0.39 is 53.0 Å². The van der Waals surface area contributed by atoms with Gasteiger partial charge in [-0.1, -0.05) is 83.1 Å². The summed E-state index contributed by atoms with van der Waals surface area (Å²) in [6.07, 6.45) is 1.90. The predicted octanol–water partition coefficient (Wildman–Crippen LogP) is 5.01. The Morgan fingerprint density at radius 3 is 2.02 bits per heavy atom. The molecule has 10 nitrogen and oxygen atoms in total. The quantitative estimate of drug-likeness (QED) is 0.167. The second-order valence-electron chi connectivity index (χ2n) is 12.8. The summed E-state index contributed by atoms with van der Waals surface area (Å²) in [5.41, 5.74) is -1.73. The Labute approximate surface area is 263 Å². The van der Waals surface area contributed by atoms with Crippen LogP contribution < -0.4 is 10.6 Å². The van der Waals surface area contributed by atoms with Gasteiger partial charge in [-0.3, -0.25) is 28.9 Å². The molecule has 1 aliphatic rings. The van der Waals surface area contributed by atoms with E-state index >= 15 is 0 Å². The fourth-order valence-electron chi connectivity index (χ4n) is 5.15. The first-order valence-electron chi connectivity index (χ1n) is 15.0. The van der Waals surface area contributed by atoms with Crippen LogP contribution in [-0.2, 0) is 25.7 Å². The van der Waals surface area contributed by atoms with Crippen LogP contribution in [0.1, 0.15) is 73.7 Å². The van der Waals surface area contributed by atoms with Gasteiger partial charge < -0.3 is 15.4 Å². The van der Waals surface area contributed by atoms with E-state index in [0.717, 1.165) is 4.90 Å². The van der Waals surface area contributed by atoms with E-state index in [1.54, 1.807) is 75.4 Å². The van der Waals surface area contributed by atoms with Crippen LogP contribution in [0.25, 0.3) is 0 Å². The highest BCUT2D eigenvalue weighted by Gasteiger charge is 2.53. The smallest absolute Gasteiger partial charge is 0.323 e. The maximum atomic E-state index is 14.6. The minimum atomic E-state index is -2.01. The number of esters is 1. The number of nitrogens with zero attached hydrogens (tertiary/aromatic N) is 2. The molecule has 236 valence electrons. The number of hydrogen-bond acceptors (Lipinski definition) is 7. The van der Waals surface area contributed by atoms with E-state index in [9.17, 15) is 24.0 Å². The Balaban J connectivity index is 1.74. The van der Waals surface area contributed by atoms with Gasteiger partial charge in [-0.05, 0) is 54.0 Å². The maximum absolute atomic E-state index is 14.6. The predicted molar refractivity (Wildman–Crippen MR) is 169 cm³/mol. The molecule has 45 heavy (non-hydrogen) atoms. The number of hydrogen-bond donors (Lipinski definition) is 2. The van der Waals surface area contributed by atoms with Gasteiger partial charge in [-0.25, -0.2) is 4.98 Å². The summed E-state index contributed by atoms with van der Waals surface area (Å²) in [6.45, 7) is 8.55. The number of rotatable bonds is 12. The average molecular weight is 613 g/mol. The van der Waals surface area contributed by atoms with Gasteiger partial charge in [0.25, 0.3) is 11.8 Å². The normalized spacial score (nSPS) is 14.8. The van der Waals surface area contributed by atoms with E-state index in [-0.39, 0.29) is 30.1 Å². The number of carbonyl (C=O) groups is 5. The number of aromatic nitrogens is 1. The van der Waals surface area contributed by atoms with E-state index in [2.05, 4.69) is 15.6 Å². The lowest BCUT2D eigenvalue weighted by atomic mass is 9.78. The molecule has 1 unspecified atom stereocenters. The molecule has 2 N–H and O–H groups in total. The molecule has 0 aliphatic carbocycles. The molecule has 0 bridgehead atoms. The standard InChI is InChI=1S/C35H40N4O6/c1-23(2)18-19-35(33(44)45-21-24-13-7-6-8-14-24,22-39-30(41)25-15-9-10-16-26(25)31(39)42)32(43)38-28(34(3,4)5)29(40)37-27-17-11-12-20-36-27/h6-17,20,23,28H,18-19,21-22H2,1-5H3,(H,38,43)(H,36,37,40)/t28-,35?/m1/s1. The van der Waals surface area contributed by atoms with Gasteiger partial charge in [0.2, 0.25) is 11.8 Å². The largest absolute Gasteiger partial charge is 0.460 e. The van der Waals surface area contributed by atoms with Gasteiger partial charge in [0, 0.05) is 6.20 Å². The van der Waals surface area contributed by atoms with Crippen LogP contribution in [0.2, 0.25) is 0 Å². The SMILES string of the molecule is CC(C)CCC(CN1C(=O)c2ccccc2C1=O)(C(=O)N[C@H](C(=O)Nc1ccccn1)C(C)(C)C)C(=O)OCc1ccccc1. The summed E-state index contributed by atoms with van der Waals surface area (Å²) in [6, 6.07) is 19.3. The van der Waals surface area contributed by atoms with Crippen molar-refractivity contribution in [3.8, 4) is 0 Å². The molecule has 0 saturated carbocycles. The molecule has 0 fully saturated rings. The van der Waals surface area contributed by atoms with E-state index in [1.807, 2.05) is 19.9 Å². The van der Waals surface area contributed by atoms with Crippen molar-refractivity contribution in [2.45, 2.75) is 60.1 Å². The summed E-state index contributed by atoms with van der Waals surface area (Å²) in [5, 5.41) is 5.55. The van der Waals surface area contributed by atoms with Crippen LogP contribution in [0, 0.1) is 16.7 Å². The first-order valence-corrected chi connectivity index (χ1v) is 15.0. The van der Waals surface area contributed by atoms with Crippen molar-refractivity contribution >= 4 is 35.4 Å². The minimum absolute atomic E-state index is 0.0315. The lowest BCUT2D eigenvalue weighted by Crippen LogP contribution is -2.60. The summed E-state index contributed by atoms with van der Waals surface area (Å²) in [5.74, 6) is -3.09. The van der Waals surface area contributed by atoms with Crippen molar-refractivity contribution in [3.63, 3.8) is 0 Å². The number of carbonyl (C=O) groups excluding carboxylic acids is 5. The first kappa shape index (κ1) is 33.0. The molecule has 2 aromatic carbocycles. The summed E-state index contributed by atoms with van der Waals surface area (Å²) >= 11 is 0. The van der Waals surface area contributed by atoms with Crippen LogP contribution in [0.3, 0.4) is 0 Å². The summed E-state index contributed by atoms with van der Waals surface area (Å²) in [4.78, 5) is 74.4. The van der Waals surface area contributed by atoms with Crippen LogP contribution >= 0.6 is 0 Å². The maximum Gasteiger partial charge on any atom is 0.323 e. The molecular formula is C35H40N4O6. The minimum Gasteiger partial charge on any atom is -0.460 e. The topological polar surface area (TPSA) is 135 Å². The second-order valence-corrected chi connectivity index (χ2v) is 12.8. The number of benzene rings is 2. The highest BCUT2D eigenvalue weighted by Crippen LogP contribution is 2.35. The Hall–Kier alpha value is -4.86. The summed E-state index contributed by atoms with van der Waals surface area (Å²) in [7, 11) is 0. The lowest BCUT2D eigenvalue weighted by molar-refractivity contribution is -0.165. The molecule has 0 saturated heterocycles. The van der Waals surface area contributed by atoms with Gasteiger partial charge in [0.15, 0.2) is 5.41 Å². The van der Waals surface area contributed by atoms with Gasteiger partial charge in [0.05, 0.1) is 17.7 Å². The van der Waals surface area contributed by atoms with Crippen LogP contribution in [0.15, 0.2) is 79.0 Å². The van der Waals surface area contributed by atoms with Crippen molar-refractivity contribution in [1.29, 1.82) is 0 Å². The lowest BCUT2D eigenvalue weighted by Gasteiger charge is -2.37. The Morgan fingerprint density at radius 2 is 1.47 bits per heavy atom. The Morgan fingerprint density at radius 1 is 0.867 bits per heavy atom. The number of anilines is 1. The average Bonchev–Trinajstić information content (AvgIpc) is 3.25. The molecule has 0 radical (unpaired) electrons. The molecule has 4 amide bonds. The fourth-order valence-corrected chi connectivity index (χ4v) is 5.15. The van der Waals surface area contributed by atoms with Crippen molar-refractivity contribution in [2.24, 2.45) is 16.7 Å². The second kappa shape index (κ2) is 13.8. The first-order chi connectivity index (χ1) is 21.3. The molecule has 2 heterocycles. The molecule has 0 spiro atoms. The van der Waals surface area contributed by atoms with Crippen LogP contribution in [0.5, 0.6) is 0 Å². The molecule has 1 aliphatic heterocycles. The van der Waals surface area contributed by atoms with Crippen molar-refractivity contribution in [2.75, 3.05) is 11.9 Å². The van der Waals surface area contributed by atoms with Crippen LogP contribution in [-0.4, -0.2) is 52.1 Å². The number of fused-ring (bicyclic) bond motifs is 1. The Bertz CT molecular complexity index is 1520. The highest BCUT2D eigenvalue weighted by atomic mass is 16.5. The van der Waals surface area contributed by atoms with Gasteiger partial charge >= 0.3 is 5.97 Å². The fraction of sp³-hybridized carbons (Fsp3) is 0.371. The molecule has 3 aromatic rings. The van der Waals surface area contributed by atoms with E-state index in [0.29, 0.717) is 17.8 Å². The molecule has 1 aromatic heterocycles. The molecule has 10 heteroatoms. The zero-order valence-corrected chi connectivity index (χ0v) is 26.3. The zero-order chi connectivity index (χ0) is 32.8. The number of nitrogens with one attached hydrogen (secondary N) is 2. The van der Waals surface area contributed by atoms with Gasteiger partial charge in [-0.2, -0.15) is 0 Å². The van der Waals surface area contributed by atoms with Crippen molar-refractivity contribution in [3.05, 3.63) is 95.7 Å². The van der Waals surface area contributed by atoms with Gasteiger partial charge in [-0.15, -0.1) is 0 Å². The highest BCUT2D eigenvalue weighted by molar-refractivity contribution is 6.22. The number of pyridine rings is 1. The molecular weight excluding hydrogens is 572 g/mol. The number of ether oxygens (including phenoxy) is 1. The number of amides is 4. The van der Waals surface area contributed by atoms with Crippen molar-refractivity contribution < 1.29 is 28.7 Å². The Kier molecular flexibility index (Phi) is 10.2. The van der Waals surface area contributed by atoms with Crippen molar-refractivity contribution in [1.82, 2.24) is 15.2 Å². The third-order valence-corrected chi connectivity index (χ3v) is 7.81. The van der Waals surface area contributed by atoms with E-state index in [4.69, 9.17) is 4.74 Å². The van der Waals surface area contributed by atoms with Crippen LogP contribution in [0.4, 0.5) is 5.82 Å². The number of imide groups is 1. The van der Waals surface area contributed by atoms with E-state index in [1.165, 1.54) is 18.3 Å². The molecule has 2 atom stereocenters. The molecule has 4 rings (SSSR count). The zero-order valence-electron chi connectivity index (χ0n) is 26.3. The summed E-state index contributed by atoms with van der Waals surface area (Å²) < 4.78 is 5.77. The van der Waals surface area contributed by atoms with Gasteiger partial charge in [0.1, 0.15) is 18.5 Å². The third-order valence-electron chi connectivity index (χ3n) is 7.81. The third kappa shape index (κ3) is 7.63.